The Kier molecular flexibility index (Phi) is 3.58. The maximum atomic E-state index is 11.4. The van der Waals surface area contributed by atoms with Gasteiger partial charge in [-0.15, -0.1) is 0 Å². The highest BCUT2D eigenvalue weighted by molar-refractivity contribution is 7.00. The van der Waals surface area contributed by atoms with Gasteiger partial charge in [0.1, 0.15) is 17.6 Å². The summed E-state index contributed by atoms with van der Waals surface area (Å²) in [7, 11) is 0. The topological polar surface area (TPSA) is 104 Å². The summed E-state index contributed by atoms with van der Waals surface area (Å²) in [6.07, 6.45) is 0. The molecule has 0 fully saturated rings. The first-order valence-electron chi connectivity index (χ1n) is 4.75. The third-order valence-corrected chi connectivity index (χ3v) is 2.87. The Hall–Kier alpha value is -1.93. The van der Waals surface area contributed by atoms with Gasteiger partial charge < -0.3 is 15.7 Å². The molecule has 0 saturated carbocycles. The zero-order chi connectivity index (χ0) is 13.1. The molecule has 0 spiro atoms. The van der Waals surface area contributed by atoms with Crippen LogP contribution >= 0.6 is 23.3 Å². The highest BCUT2D eigenvalue weighted by atomic mass is 35.5. The number of nitrogens with one attached hydrogen (secondary N) is 2. The summed E-state index contributed by atoms with van der Waals surface area (Å²) >= 11 is 6.94. The standard InChI is InChI=1S/C9H7ClN4O3S/c10-4-1-2-5-8(14-18-13-5)7(4)12-9(17)11-3-6(15)16/h1-2H,3H2,(H,15,16)(H2,11,12,17). The van der Waals surface area contributed by atoms with Gasteiger partial charge in [-0.25, -0.2) is 4.79 Å². The van der Waals surface area contributed by atoms with Crippen molar-refractivity contribution in [2.45, 2.75) is 0 Å². The molecule has 0 unspecified atom stereocenters. The van der Waals surface area contributed by atoms with Crippen LogP contribution in [-0.2, 0) is 4.79 Å². The Balaban J connectivity index is 2.20. The molecule has 1 aromatic heterocycles. The Bertz CT molecular complexity index is 615. The summed E-state index contributed by atoms with van der Waals surface area (Å²) < 4.78 is 8.02. The molecule has 2 amide bonds. The molecule has 1 heterocycles. The highest BCUT2D eigenvalue weighted by Gasteiger charge is 2.13. The van der Waals surface area contributed by atoms with Gasteiger partial charge >= 0.3 is 12.0 Å². The van der Waals surface area contributed by atoms with Crippen molar-refractivity contribution in [3.63, 3.8) is 0 Å². The number of carboxylic acids is 1. The second kappa shape index (κ2) is 5.15. The van der Waals surface area contributed by atoms with E-state index in [0.717, 1.165) is 11.7 Å². The van der Waals surface area contributed by atoms with Crippen LogP contribution in [0.5, 0.6) is 0 Å². The van der Waals surface area contributed by atoms with Crippen molar-refractivity contribution in [2.24, 2.45) is 0 Å². The molecule has 1 aromatic carbocycles. The van der Waals surface area contributed by atoms with Gasteiger partial charge in [0.15, 0.2) is 0 Å². The third-order valence-electron chi connectivity index (χ3n) is 2.02. The molecule has 0 aliphatic rings. The van der Waals surface area contributed by atoms with E-state index >= 15 is 0 Å². The van der Waals surface area contributed by atoms with Crippen LogP contribution in [0, 0.1) is 0 Å². The van der Waals surface area contributed by atoms with Gasteiger partial charge in [0, 0.05) is 0 Å². The number of aromatic nitrogens is 2. The van der Waals surface area contributed by atoms with Crippen molar-refractivity contribution >= 4 is 52.1 Å². The average molecular weight is 287 g/mol. The van der Waals surface area contributed by atoms with Gasteiger partial charge in [0.05, 0.1) is 22.4 Å². The second-order valence-electron chi connectivity index (χ2n) is 3.26. The Labute approximate surface area is 110 Å². The fourth-order valence-corrected chi connectivity index (χ4v) is 2.00. The molecule has 0 saturated heterocycles. The second-order valence-corrected chi connectivity index (χ2v) is 4.19. The van der Waals surface area contributed by atoms with E-state index in [-0.39, 0.29) is 0 Å². The summed E-state index contributed by atoms with van der Waals surface area (Å²) in [4.78, 5) is 21.8. The van der Waals surface area contributed by atoms with Crippen LogP contribution in [0.3, 0.4) is 0 Å². The fraction of sp³-hybridized carbons (Fsp3) is 0.111. The van der Waals surface area contributed by atoms with Crippen molar-refractivity contribution in [1.82, 2.24) is 14.1 Å². The first kappa shape index (κ1) is 12.5. The van der Waals surface area contributed by atoms with E-state index in [2.05, 4.69) is 19.4 Å². The molecule has 9 heteroatoms. The fourth-order valence-electron chi connectivity index (χ4n) is 1.26. The molecule has 0 radical (unpaired) electrons. The molecule has 18 heavy (non-hydrogen) atoms. The van der Waals surface area contributed by atoms with E-state index in [1.807, 2.05) is 0 Å². The molecule has 2 aromatic rings. The molecule has 0 bridgehead atoms. The minimum atomic E-state index is -1.13. The lowest BCUT2D eigenvalue weighted by Crippen LogP contribution is -2.33. The maximum Gasteiger partial charge on any atom is 0.323 e. The largest absolute Gasteiger partial charge is 0.480 e. The van der Waals surface area contributed by atoms with E-state index in [1.54, 1.807) is 12.1 Å². The Morgan fingerprint density at radius 3 is 2.89 bits per heavy atom. The van der Waals surface area contributed by atoms with Crippen molar-refractivity contribution in [1.29, 1.82) is 0 Å². The lowest BCUT2D eigenvalue weighted by atomic mass is 10.2. The molecule has 0 aliphatic heterocycles. The average Bonchev–Trinajstić information content (AvgIpc) is 2.78. The van der Waals surface area contributed by atoms with Crippen LogP contribution in [0.1, 0.15) is 0 Å². The van der Waals surface area contributed by atoms with Gasteiger partial charge in [-0.1, -0.05) is 11.6 Å². The molecule has 7 nitrogen and oxygen atoms in total. The number of urea groups is 1. The predicted octanol–water partition coefficient (Wildman–Crippen LogP) is 1.55. The first-order valence-corrected chi connectivity index (χ1v) is 5.86. The van der Waals surface area contributed by atoms with Crippen molar-refractivity contribution < 1.29 is 14.7 Å². The lowest BCUT2D eigenvalue weighted by Gasteiger charge is -2.07. The van der Waals surface area contributed by atoms with Gasteiger partial charge in [-0.2, -0.15) is 8.75 Å². The lowest BCUT2D eigenvalue weighted by molar-refractivity contribution is -0.135. The van der Waals surface area contributed by atoms with Crippen LogP contribution in [0.4, 0.5) is 10.5 Å². The van der Waals surface area contributed by atoms with E-state index < -0.39 is 18.5 Å². The molecule has 0 atom stereocenters. The minimum Gasteiger partial charge on any atom is -0.480 e. The van der Waals surface area contributed by atoms with Gasteiger partial charge in [-0.3, -0.25) is 4.79 Å². The Morgan fingerprint density at radius 1 is 1.39 bits per heavy atom. The number of hydrogen-bond donors (Lipinski definition) is 3. The van der Waals surface area contributed by atoms with Crippen molar-refractivity contribution in [3.8, 4) is 0 Å². The highest BCUT2D eigenvalue weighted by Crippen LogP contribution is 2.29. The number of carbonyl (C=O) groups is 2. The summed E-state index contributed by atoms with van der Waals surface area (Å²) in [6.45, 7) is -0.477. The van der Waals surface area contributed by atoms with Gasteiger partial charge in [0.25, 0.3) is 0 Å². The molecular weight excluding hydrogens is 280 g/mol. The minimum absolute atomic E-state index is 0.306. The number of carbonyl (C=O) groups excluding carboxylic acids is 1. The van der Waals surface area contributed by atoms with Crippen LogP contribution in [0.15, 0.2) is 12.1 Å². The number of fused-ring (bicyclic) bond motifs is 1. The molecule has 0 aliphatic carbocycles. The van der Waals surface area contributed by atoms with Crippen molar-refractivity contribution in [2.75, 3.05) is 11.9 Å². The number of anilines is 1. The zero-order valence-electron chi connectivity index (χ0n) is 8.81. The molecule has 94 valence electrons. The molecule has 3 N–H and O–H groups in total. The number of halogens is 1. The van der Waals surface area contributed by atoms with E-state index in [0.29, 0.717) is 21.7 Å². The number of rotatable bonds is 3. The van der Waals surface area contributed by atoms with Crippen LogP contribution in [-0.4, -0.2) is 32.4 Å². The van der Waals surface area contributed by atoms with E-state index in [9.17, 15) is 9.59 Å². The number of benzene rings is 1. The maximum absolute atomic E-state index is 11.4. The van der Waals surface area contributed by atoms with Gasteiger partial charge in [-0.05, 0) is 12.1 Å². The monoisotopic (exact) mass is 286 g/mol. The molecule has 2 rings (SSSR count). The number of nitrogens with zero attached hydrogens (tertiary/aromatic N) is 2. The number of amides is 2. The number of carboxylic acid groups (broad SMARTS) is 1. The van der Waals surface area contributed by atoms with Crippen LogP contribution in [0.2, 0.25) is 5.02 Å². The smallest absolute Gasteiger partial charge is 0.323 e. The van der Waals surface area contributed by atoms with Gasteiger partial charge in [0.2, 0.25) is 0 Å². The van der Waals surface area contributed by atoms with Crippen molar-refractivity contribution in [3.05, 3.63) is 17.2 Å². The third kappa shape index (κ3) is 2.66. The summed E-state index contributed by atoms with van der Waals surface area (Å²) in [5.41, 5.74) is 1.39. The van der Waals surface area contributed by atoms with Crippen LogP contribution < -0.4 is 10.6 Å². The quantitative estimate of drug-likeness (QED) is 0.794. The Morgan fingerprint density at radius 2 is 2.17 bits per heavy atom. The first-order chi connectivity index (χ1) is 8.58. The molecular formula is C9H7ClN4O3S. The zero-order valence-corrected chi connectivity index (χ0v) is 10.4. The van der Waals surface area contributed by atoms with E-state index in [1.165, 1.54) is 0 Å². The number of hydrogen-bond acceptors (Lipinski definition) is 5. The van der Waals surface area contributed by atoms with E-state index in [4.69, 9.17) is 16.7 Å². The predicted molar refractivity (Wildman–Crippen MR) is 67.1 cm³/mol. The SMILES string of the molecule is O=C(O)CNC(=O)Nc1c(Cl)ccc2nsnc12. The normalized spacial score (nSPS) is 10.3. The summed E-state index contributed by atoms with van der Waals surface area (Å²) in [6, 6.07) is 2.60. The summed E-state index contributed by atoms with van der Waals surface area (Å²) in [5, 5.41) is 13.4. The van der Waals surface area contributed by atoms with Crippen LogP contribution in [0.25, 0.3) is 11.0 Å². The number of aliphatic carboxylic acids is 1. The summed E-state index contributed by atoms with van der Waals surface area (Å²) in [5.74, 6) is -1.13.